The number of ether oxygens (including phenoxy) is 1. The monoisotopic (exact) mass is 552 g/mol. The number of hydrogen-bond donors (Lipinski definition) is 3. The lowest BCUT2D eigenvalue weighted by Gasteiger charge is -2.22. The van der Waals surface area contributed by atoms with Gasteiger partial charge in [0.15, 0.2) is 5.11 Å². The molecule has 2 aliphatic rings. The van der Waals surface area contributed by atoms with Gasteiger partial charge >= 0.3 is 6.36 Å². The zero-order valence-corrected chi connectivity index (χ0v) is 22.4. The average Bonchev–Trinajstić information content (AvgIpc) is 3.59. The molecule has 9 nitrogen and oxygen atoms in total. The summed E-state index contributed by atoms with van der Waals surface area (Å²) in [4.78, 5) is 16.4. The fourth-order valence-electron chi connectivity index (χ4n) is 4.44. The Morgan fingerprint density at radius 1 is 0.974 bits per heavy atom. The smallest absolute Gasteiger partial charge is 0.406 e. The number of nitrogens with zero attached hydrogens (tertiary/aromatic N) is 5. The number of hydrogen-bond acceptors (Lipinski definition) is 8. The van der Waals surface area contributed by atoms with Crippen molar-refractivity contribution in [1.29, 1.82) is 0 Å². The lowest BCUT2D eigenvalue weighted by atomic mass is 10.3. The zero-order chi connectivity index (χ0) is 27.0. The van der Waals surface area contributed by atoms with Gasteiger partial charge in [0.1, 0.15) is 17.4 Å². The number of aromatic nitrogens is 2. The summed E-state index contributed by atoms with van der Waals surface area (Å²) in [6.07, 6.45) is 0.0525. The van der Waals surface area contributed by atoms with Gasteiger partial charge in [-0.3, -0.25) is 0 Å². The molecule has 1 aromatic heterocycles. The SMILES string of the molecule is CN(CCNC(=S)Nc1ccc(OC(F)(F)F)cc1)CCNc1cc(N2CCCC2)nc(N2CCCC2)n1. The van der Waals surface area contributed by atoms with Gasteiger partial charge in [0.2, 0.25) is 5.95 Å². The first kappa shape index (κ1) is 28.0. The molecule has 2 saturated heterocycles. The van der Waals surface area contributed by atoms with Crippen LogP contribution in [-0.4, -0.2) is 85.7 Å². The summed E-state index contributed by atoms with van der Waals surface area (Å²) in [5.74, 6) is 2.39. The topological polar surface area (TPSA) is 80.8 Å². The van der Waals surface area contributed by atoms with Crippen LogP contribution in [0.1, 0.15) is 25.7 Å². The molecule has 2 aromatic rings. The summed E-state index contributed by atoms with van der Waals surface area (Å²) >= 11 is 5.29. The number of alkyl halides is 3. The maximum atomic E-state index is 12.3. The first-order chi connectivity index (χ1) is 18.2. The quantitative estimate of drug-likeness (QED) is 0.357. The summed E-state index contributed by atoms with van der Waals surface area (Å²) in [5, 5.41) is 9.94. The van der Waals surface area contributed by atoms with E-state index in [9.17, 15) is 13.2 Å². The molecular weight excluding hydrogens is 517 g/mol. The van der Waals surface area contributed by atoms with Crippen LogP contribution in [0.4, 0.5) is 36.4 Å². The second-order valence-electron chi connectivity index (χ2n) is 9.48. The molecule has 0 unspecified atom stereocenters. The minimum Gasteiger partial charge on any atom is -0.406 e. The number of nitrogens with one attached hydrogen (secondary N) is 3. The highest BCUT2D eigenvalue weighted by molar-refractivity contribution is 7.80. The number of benzene rings is 1. The molecule has 4 rings (SSSR count). The standard InChI is InChI=1S/C25H35F3N8OS/c1-34(17-11-30-24(38)31-19-6-8-20(9-7-19)37-25(26,27)28)16-10-29-21-18-22(35-12-2-3-13-35)33-23(32-21)36-14-4-5-15-36/h6-9,18H,2-5,10-17H2,1H3,(H,29,32,33)(H2,30,31,38). The molecule has 0 bridgehead atoms. The zero-order valence-electron chi connectivity index (χ0n) is 21.6. The molecule has 0 aliphatic carbocycles. The second kappa shape index (κ2) is 13.1. The van der Waals surface area contributed by atoms with Crippen molar-refractivity contribution in [2.75, 3.05) is 79.8 Å². The van der Waals surface area contributed by atoms with Crippen molar-refractivity contribution in [2.45, 2.75) is 32.0 Å². The Kier molecular flexibility index (Phi) is 9.67. The molecule has 0 saturated carbocycles. The Morgan fingerprint density at radius 3 is 2.26 bits per heavy atom. The van der Waals surface area contributed by atoms with Gasteiger partial charge in [0, 0.05) is 64.1 Å². The van der Waals surface area contributed by atoms with Crippen LogP contribution in [0.5, 0.6) is 5.75 Å². The predicted octanol–water partition coefficient (Wildman–Crippen LogP) is 3.91. The first-order valence-electron chi connectivity index (χ1n) is 13.0. The first-order valence-corrected chi connectivity index (χ1v) is 13.4. The summed E-state index contributed by atoms with van der Waals surface area (Å²) in [5.41, 5.74) is 0.570. The molecule has 0 radical (unpaired) electrons. The van der Waals surface area contributed by atoms with E-state index in [0.717, 1.165) is 63.4 Å². The summed E-state index contributed by atoms with van der Waals surface area (Å²) < 4.78 is 40.7. The van der Waals surface area contributed by atoms with Crippen LogP contribution in [0.15, 0.2) is 30.3 Å². The van der Waals surface area contributed by atoms with E-state index >= 15 is 0 Å². The summed E-state index contributed by atoms with van der Waals surface area (Å²) in [6.45, 7) is 7.01. The minimum absolute atomic E-state index is 0.279. The minimum atomic E-state index is -4.71. The van der Waals surface area contributed by atoms with Crippen molar-refractivity contribution in [3.05, 3.63) is 30.3 Å². The third kappa shape index (κ3) is 8.76. The Labute approximate surface area is 226 Å². The molecular formula is C25H35F3N8OS. The van der Waals surface area contributed by atoms with E-state index in [2.05, 4.69) is 41.5 Å². The fraction of sp³-hybridized carbons (Fsp3) is 0.560. The average molecular weight is 553 g/mol. The maximum absolute atomic E-state index is 12.3. The van der Waals surface area contributed by atoms with Crippen molar-refractivity contribution in [3.63, 3.8) is 0 Å². The van der Waals surface area contributed by atoms with Crippen LogP contribution in [0.2, 0.25) is 0 Å². The van der Waals surface area contributed by atoms with Crippen LogP contribution in [0.25, 0.3) is 0 Å². The van der Waals surface area contributed by atoms with Crippen molar-refractivity contribution >= 4 is 40.6 Å². The Morgan fingerprint density at radius 2 is 1.61 bits per heavy atom. The van der Waals surface area contributed by atoms with E-state index in [-0.39, 0.29) is 5.75 Å². The molecule has 38 heavy (non-hydrogen) atoms. The van der Waals surface area contributed by atoms with Crippen LogP contribution in [0, 0.1) is 0 Å². The van der Waals surface area contributed by atoms with Gasteiger partial charge in [0.25, 0.3) is 0 Å². The third-order valence-corrected chi connectivity index (χ3v) is 6.69. The Balaban J connectivity index is 1.18. The van der Waals surface area contributed by atoms with Crippen molar-refractivity contribution in [1.82, 2.24) is 20.2 Å². The summed E-state index contributed by atoms with van der Waals surface area (Å²) in [6, 6.07) is 7.48. The van der Waals surface area contributed by atoms with E-state index < -0.39 is 6.36 Å². The van der Waals surface area contributed by atoms with E-state index in [1.165, 1.54) is 49.9 Å². The van der Waals surface area contributed by atoms with Crippen LogP contribution in [-0.2, 0) is 0 Å². The number of thiocarbonyl (C=S) groups is 1. The number of rotatable bonds is 11. The van der Waals surface area contributed by atoms with Gasteiger partial charge in [-0.15, -0.1) is 13.2 Å². The molecule has 0 atom stereocenters. The molecule has 0 spiro atoms. The number of likely N-dealkylation sites (N-methyl/N-ethyl adjacent to an activating group) is 1. The van der Waals surface area contributed by atoms with Crippen LogP contribution < -0.4 is 30.5 Å². The van der Waals surface area contributed by atoms with Gasteiger partial charge in [-0.1, -0.05) is 0 Å². The highest BCUT2D eigenvalue weighted by Gasteiger charge is 2.31. The van der Waals surface area contributed by atoms with Gasteiger partial charge < -0.3 is 35.4 Å². The highest BCUT2D eigenvalue weighted by Crippen LogP contribution is 2.26. The molecule has 13 heteroatoms. The normalized spacial score (nSPS) is 15.7. The lowest BCUT2D eigenvalue weighted by Crippen LogP contribution is -2.36. The van der Waals surface area contributed by atoms with Gasteiger partial charge in [0.05, 0.1) is 0 Å². The molecule has 2 aliphatic heterocycles. The Bertz CT molecular complexity index is 1010. The maximum Gasteiger partial charge on any atom is 0.573 e. The largest absolute Gasteiger partial charge is 0.573 e. The molecule has 3 N–H and O–H groups in total. The van der Waals surface area contributed by atoms with Crippen molar-refractivity contribution < 1.29 is 17.9 Å². The predicted molar refractivity (Wildman–Crippen MR) is 148 cm³/mol. The van der Waals surface area contributed by atoms with E-state index in [1.54, 1.807) is 0 Å². The van der Waals surface area contributed by atoms with Gasteiger partial charge in [-0.2, -0.15) is 9.97 Å². The van der Waals surface area contributed by atoms with Crippen LogP contribution >= 0.6 is 12.2 Å². The summed E-state index contributed by atoms with van der Waals surface area (Å²) in [7, 11) is 2.03. The molecule has 3 heterocycles. The lowest BCUT2D eigenvalue weighted by molar-refractivity contribution is -0.274. The Hall–Kier alpha value is -3.06. The van der Waals surface area contributed by atoms with E-state index in [1.807, 2.05) is 7.05 Å². The molecule has 2 fully saturated rings. The van der Waals surface area contributed by atoms with Gasteiger partial charge in [-0.05, 0) is 69.2 Å². The fourth-order valence-corrected chi connectivity index (χ4v) is 4.66. The van der Waals surface area contributed by atoms with Crippen LogP contribution in [0.3, 0.4) is 0 Å². The van der Waals surface area contributed by atoms with Gasteiger partial charge in [-0.25, -0.2) is 0 Å². The van der Waals surface area contributed by atoms with E-state index in [0.29, 0.717) is 17.3 Å². The number of halogens is 3. The molecule has 208 valence electrons. The second-order valence-corrected chi connectivity index (χ2v) is 9.89. The van der Waals surface area contributed by atoms with Crippen molar-refractivity contribution in [2.24, 2.45) is 0 Å². The molecule has 0 amide bonds. The van der Waals surface area contributed by atoms with E-state index in [4.69, 9.17) is 22.2 Å². The molecule has 1 aromatic carbocycles. The number of anilines is 4. The highest BCUT2D eigenvalue weighted by atomic mass is 32.1. The van der Waals surface area contributed by atoms with Crippen molar-refractivity contribution in [3.8, 4) is 5.75 Å². The third-order valence-electron chi connectivity index (χ3n) is 6.44.